The first-order valence-electron chi connectivity index (χ1n) is 7.03. The van der Waals surface area contributed by atoms with E-state index in [0.717, 1.165) is 12.2 Å². The Kier molecular flexibility index (Phi) is 3.83. The third kappa shape index (κ3) is 3.79. The van der Waals surface area contributed by atoms with Gasteiger partial charge in [-0.15, -0.1) is 0 Å². The topological polar surface area (TPSA) is 74.0 Å². The molecule has 1 aliphatic rings. The van der Waals surface area contributed by atoms with E-state index in [1.807, 2.05) is 24.3 Å². The molecule has 0 spiro atoms. The van der Waals surface area contributed by atoms with E-state index in [1.54, 1.807) is 0 Å². The zero-order valence-electron chi connectivity index (χ0n) is 11.6. The van der Waals surface area contributed by atoms with Crippen molar-refractivity contribution in [2.45, 2.75) is 25.4 Å². The van der Waals surface area contributed by atoms with Gasteiger partial charge in [0.05, 0.1) is 5.56 Å². The summed E-state index contributed by atoms with van der Waals surface area (Å²) in [5.41, 5.74) is 2.14. The SMILES string of the molecule is O=C(Nc1ccc(CNC2CC2)cc1)c1ccc(=O)[nH]c1. The third-order valence-corrected chi connectivity index (χ3v) is 3.43. The molecule has 1 fully saturated rings. The largest absolute Gasteiger partial charge is 0.328 e. The van der Waals surface area contributed by atoms with Crippen LogP contribution in [0.1, 0.15) is 28.8 Å². The van der Waals surface area contributed by atoms with Crippen molar-refractivity contribution in [3.05, 3.63) is 64.1 Å². The summed E-state index contributed by atoms with van der Waals surface area (Å²) in [5, 5.41) is 6.24. The average Bonchev–Trinajstić information content (AvgIpc) is 3.31. The number of carbonyl (C=O) groups excluding carboxylic acids is 1. The Labute approximate surface area is 122 Å². The molecule has 0 radical (unpaired) electrons. The van der Waals surface area contributed by atoms with E-state index >= 15 is 0 Å². The van der Waals surface area contributed by atoms with Crippen LogP contribution in [0.2, 0.25) is 0 Å². The Morgan fingerprint density at radius 2 is 1.90 bits per heavy atom. The highest BCUT2D eigenvalue weighted by Gasteiger charge is 2.19. The highest BCUT2D eigenvalue weighted by molar-refractivity contribution is 6.03. The van der Waals surface area contributed by atoms with Gasteiger partial charge < -0.3 is 15.6 Å². The van der Waals surface area contributed by atoms with Crippen LogP contribution in [0, 0.1) is 0 Å². The van der Waals surface area contributed by atoms with Gasteiger partial charge in [-0.05, 0) is 36.6 Å². The Bertz CT molecular complexity index is 667. The van der Waals surface area contributed by atoms with Gasteiger partial charge in [-0.1, -0.05) is 12.1 Å². The molecule has 0 bridgehead atoms. The van der Waals surface area contributed by atoms with Crippen molar-refractivity contribution >= 4 is 11.6 Å². The van der Waals surface area contributed by atoms with E-state index in [9.17, 15) is 9.59 Å². The van der Waals surface area contributed by atoms with Crippen LogP contribution in [-0.2, 0) is 6.54 Å². The lowest BCUT2D eigenvalue weighted by atomic mass is 10.2. The molecule has 1 amide bonds. The minimum Gasteiger partial charge on any atom is -0.328 e. The summed E-state index contributed by atoms with van der Waals surface area (Å²) < 4.78 is 0. The smallest absolute Gasteiger partial charge is 0.257 e. The average molecular weight is 283 g/mol. The molecule has 0 atom stereocenters. The minimum atomic E-state index is -0.241. The molecular formula is C16H17N3O2. The highest BCUT2D eigenvalue weighted by atomic mass is 16.1. The molecule has 1 aromatic carbocycles. The minimum absolute atomic E-state index is 0.223. The monoisotopic (exact) mass is 283 g/mol. The summed E-state index contributed by atoms with van der Waals surface area (Å²) in [6.45, 7) is 0.860. The quantitative estimate of drug-likeness (QED) is 0.784. The number of hydrogen-bond donors (Lipinski definition) is 3. The predicted molar refractivity (Wildman–Crippen MR) is 81.3 cm³/mol. The van der Waals surface area contributed by atoms with Crippen LogP contribution >= 0.6 is 0 Å². The molecule has 0 unspecified atom stereocenters. The Morgan fingerprint density at radius 1 is 1.14 bits per heavy atom. The van der Waals surface area contributed by atoms with Crippen LogP contribution < -0.4 is 16.2 Å². The predicted octanol–water partition coefficient (Wildman–Crippen LogP) is 1.88. The van der Waals surface area contributed by atoms with Gasteiger partial charge in [0.15, 0.2) is 0 Å². The van der Waals surface area contributed by atoms with Crippen molar-refractivity contribution in [3.8, 4) is 0 Å². The molecule has 108 valence electrons. The molecule has 0 aliphatic heterocycles. The van der Waals surface area contributed by atoms with Crippen LogP contribution in [0.15, 0.2) is 47.4 Å². The second kappa shape index (κ2) is 5.93. The van der Waals surface area contributed by atoms with Crippen LogP contribution in [-0.4, -0.2) is 16.9 Å². The fourth-order valence-corrected chi connectivity index (χ4v) is 2.01. The number of aromatic amines is 1. The third-order valence-electron chi connectivity index (χ3n) is 3.43. The Morgan fingerprint density at radius 3 is 2.52 bits per heavy atom. The van der Waals surface area contributed by atoms with Crippen molar-refractivity contribution in [3.63, 3.8) is 0 Å². The lowest BCUT2D eigenvalue weighted by molar-refractivity contribution is 0.102. The first-order valence-corrected chi connectivity index (χ1v) is 7.03. The van der Waals surface area contributed by atoms with Gasteiger partial charge >= 0.3 is 0 Å². The van der Waals surface area contributed by atoms with E-state index in [-0.39, 0.29) is 11.5 Å². The summed E-state index contributed by atoms with van der Waals surface area (Å²) in [6, 6.07) is 11.3. The van der Waals surface area contributed by atoms with Gasteiger partial charge in [0, 0.05) is 30.5 Å². The lowest BCUT2D eigenvalue weighted by Gasteiger charge is -2.07. The van der Waals surface area contributed by atoms with Gasteiger partial charge in [0.25, 0.3) is 5.91 Å². The molecule has 1 aromatic heterocycles. The maximum absolute atomic E-state index is 12.0. The molecular weight excluding hydrogens is 266 g/mol. The number of rotatable bonds is 5. The molecule has 5 nitrogen and oxygen atoms in total. The van der Waals surface area contributed by atoms with E-state index in [2.05, 4.69) is 15.6 Å². The highest BCUT2D eigenvalue weighted by Crippen LogP contribution is 2.19. The summed E-state index contributed by atoms with van der Waals surface area (Å²) >= 11 is 0. The molecule has 0 saturated heterocycles. The zero-order valence-corrected chi connectivity index (χ0v) is 11.6. The zero-order chi connectivity index (χ0) is 14.7. The molecule has 5 heteroatoms. The number of benzene rings is 1. The Hall–Kier alpha value is -2.40. The van der Waals surface area contributed by atoms with Crippen molar-refractivity contribution < 1.29 is 4.79 Å². The van der Waals surface area contributed by atoms with Gasteiger partial charge in [0.1, 0.15) is 0 Å². The van der Waals surface area contributed by atoms with Gasteiger partial charge in [-0.3, -0.25) is 9.59 Å². The molecule has 1 saturated carbocycles. The van der Waals surface area contributed by atoms with Crippen LogP contribution in [0.25, 0.3) is 0 Å². The molecule has 3 rings (SSSR count). The van der Waals surface area contributed by atoms with Crippen molar-refractivity contribution in [1.82, 2.24) is 10.3 Å². The van der Waals surface area contributed by atoms with Gasteiger partial charge in [-0.2, -0.15) is 0 Å². The van der Waals surface area contributed by atoms with E-state index in [4.69, 9.17) is 0 Å². The lowest BCUT2D eigenvalue weighted by Crippen LogP contribution is -2.16. The maximum atomic E-state index is 12.0. The summed E-state index contributed by atoms with van der Waals surface area (Å²) in [4.78, 5) is 25.4. The second-order valence-electron chi connectivity index (χ2n) is 5.25. The van der Waals surface area contributed by atoms with Crippen LogP contribution in [0.4, 0.5) is 5.69 Å². The van der Waals surface area contributed by atoms with Crippen molar-refractivity contribution in [2.75, 3.05) is 5.32 Å². The number of hydrogen-bond acceptors (Lipinski definition) is 3. The fraction of sp³-hybridized carbons (Fsp3) is 0.250. The number of anilines is 1. The maximum Gasteiger partial charge on any atom is 0.257 e. The van der Waals surface area contributed by atoms with Crippen molar-refractivity contribution in [2.24, 2.45) is 0 Å². The second-order valence-corrected chi connectivity index (χ2v) is 5.25. The van der Waals surface area contributed by atoms with E-state index in [1.165, 1.54) is 36.7 Å². The first-order chi connectivity index (χ1) is 10.2. The normalized spacial score (nSPS) is 13.9. The molecule has 21 heavy (non-hydrogen) atoms. The standard InChI is InChI=1S/C16H17N3O2/c20-15-8-3-12(10-18-15)16(21)19-14-4-1-11(2-5-14)9-17-13-6-7-13/h1-5,8,10,13,17H,6-7,9H2,(H,18,20)(H,19,21). The summed E-state index contributed by atoms with van der Waals surface area (Å²) in [5.74, 6) is -0.241. The first kappa shape index (κ1) is 13.6. The molecule has 1 heterocycles. The number of carbonyl (C=O) groups is 1. The molecule has 1 aliphatic carbocycles. The number of aromatic nitrogens is 1. The summed E-state index contributed by atoms with van der Waals surface area (Å²) in [7, 11) is 0. The number of pyridine rings is 1. The van der Waals surface area contributed by atoms with Crippen LogP contribution in [0.3, 0.4) is 0 Å². The number of amides is 1. The molecule has 3 N–H and O–H groups in total. The number of nitrogens with one attached hydrogen (secondary N) is 3. The van der Waals surface area contributed by atoms with Crippen molar-refractivity contribution in [1.29, 1.82) is 0 Å². The van der Waals surface area contributed by atoms with Crippen LogP contribution in [0.5, 0.6) is 0 Å². The molecule has 2 aromatic rings. The fourth-order valence-electron chi connectivity index (χ4n) is 2.01. The van der Waals surface area contributed by atoms with E-state index < -0.39 is 0 Å². The van der Waals surface area contributed by atoms with E-state index in [0.29, 0.717) is 11.6 Å². The number of H-pyrrole nitrogens is 1. The van der Waals surface area contributed by atoms with Gasteiger partial charge in [-0.25, -0.2) is 0 Å². The summed E-state index contributed by atoms with van der Waals surface area (Å²) in [6.07, 6.45) is 3.95. The Balaban J connectivity index is 1.59. The van der Waals surface area contributed by atoms with Gasteiger partial charge in [0.2, 0.25) is 5.56 Å².